The minimum atomic E-state index is -1.16. The highest BCUT2D eigenvalue weighted by Crippen LogP contribution is 2.44. The number of hydrogen-bond donors (Lipinski definition) is 2. The van der Waals surface area contributed by atoms with Crippen LogP contribution < -0.4 is 5.32 Å². The normalized spacial score (nSPS) is 25.1. The lowest BCUT2D eigenvalue weighted by Crippen LogP contribution is -2.53. The van der Waals surface area contributed by atoms with Gasteiger partial charge in [0.25, 0.3) is 0 Å². The van der Waals surface area contributed by atoms with Gasteiger partial charge in [-0.2, -0.15) is 0 Å². The molecule has 2 aliphatic carbocycles. The molecule has 2 amide bonds. The highest BCUT2D eigenvalue weighted by atomic mass is 16.5. The number of allylic oxidation sites excluding steroid dienone is 1. The molecule has 1 aliphatic heterocycles. The first-order chi connectivity index (χ1) is 16.9. The van der Waals surface area contributed by atoms with Gasteiger partial charge in [0.15, 0.2) is 0 Å². The summed E-state index contributed by atoms with van der Waals surface area (Å²) < 4.78 is 5.65. The lowest BCUT2D eigenvalue weighted by molar-refractivity contribution is -0.157. The second-order valence-electron chi connectivity index (χ2n) is 9.85. The summed E-state index contributed by atoms with van der Waals surface area (Å²) in [4.78, 5) is 39.1. The Morgan fingerprint density at radius 2 is 1.74 bits per heavy atom. The first-order valence-corrected chi connectivity index (χ1v) is 12.2. The zero-order chi connectivity index (χ0) is 24.6. The summed E-state index contributed by atoms with van der Waals surface area (Å²) in [5.41, 5.74) is 3.48. The number of aliphatic carboxylic acids is 1. The summed E-state index contributed by atoms with van der Waals surface area (Å²) >= 11 is 0. The summed E-state index contributed by atoms with van der Waals surface area (Å²) in [6.45, 7) is 2.29. The predicted octanol–water partition coefficient (Wildman–Crippen LogP) is 4.33. The Morgan fingerprint density at radius 3 is 2.40 bits per heavy atom. The van der Waals surface area contributed by atoms with Crippen molar-refractivity contribution in [1.82, 2.24) is 10.2 Å². The van der Waals surface area contributed by atoms with Crippen LogP contribution in [0.15, 0.2) is 60.7 Å². The van der Waals surface area contributed by atoms with Crippen molar-refractivity contribution in [2.24, 2.45) is 5.92 Å². The summed E-state index contributed by atoms with van der Waals surface area (Å²) in [7, 11) is 0. The summed E-state index contributed by atoms with van der Waals surface area (Å²) in [6, 6.07) is 16.0. The molecule has 182 valence electrons. The van der Waals surface area contributed by atoms with Gasteiger partial charge in [0.05, 0.1) is 6.04 Å². The average molecular weight is 475 g/mol. The fraction of sp³-hybridized carbons (Fsp3) is 0.393. The number of alkyl carbamates (subject to hydrolysis) is 1. The van der Waals surface area contributed by atoms with E-state index in [1.165, 1.54) is 16.0 Å². The minimum Gasteiger partial charge on any atom is -0.480 e. The fourth-order valence-corrected chi connectivity index (χ4v) is 5.75. The molecule has 1 heterocycles. The molecular weight excluding hydrogens is 444 g/mol. The van der Waals surface area contributed by atoms with E-state index in [2.05, 4.69) is 29.6 Å². The van der Waals surface area contributed by atoms with Crippen molar-refractivity contribution >= 4 is 18.0 Å². The SMILES string of the molecule is C[C@@]1(C(=O)O)CCCN1C(=O)[C@@H]1CC=C[C@@H](NC(=O)OCC2c3ccccc3-c3ccccc32)C1. The number of hydrogen-bond acceptors (Lipinski definition) is 4. The molecule has 2 N–H and O–H groups in total. The molecule has 5 rings (SSSR count). The monoisotopic (exact) mass is 474 g/mol. The molecule has 2 aromatic carbocycles. The standard InChI is InChI=1S/C28H30N2O5/c1-28(26(32)33)14-7-15-30(28)25(31)18-8-6-9-19(16-18)29-27(34)35-17-24-22-12-4-2-10-20(22)21-11-3-5-13-23(21)24/h2-6,9-13,18-19,24H,7-8,14-17H2,1H3,(H,29,34)(H,32,33)/t18-,19-,28+/m1/s1. The van der Waals surface area contributed by atoms with E-state index >= 15 is 0 Å². The van der Waals surface area contributed by atoms with Crippen LogP contribution in [0, 0.1) is 5.92 Å². The van der Waals surface area contributed by atoms with E-state index in [1.807, 2.05) is 36.4 Å². The van der Waals surface area contributed by atoms with Crippen LogP contribution in [0.5, 0.6) is 0 Å². The molecule has 0 radical (unpaired) electrons. The van der Waals surface area contributed by atoms with Crippen molar-refractivity contribution < 1.29 is 24.2 Å². The molecule has 0 spiro atoms. The first kappa shape index (κ1) is 23.1. The molecule has 3 atom stereocenters. The molecule has 0 saturated carbocycles. The number of nitrogens with zero attached hydrogens (tertiary/aromatic N) is 1. The third-order valence-electron chi connectivity index (χ3n) is 7.69. The van der Waals surface area contributed by atoms with Crippen molar-refractivity contribution in [3.63, 3.8) is 0 Å². The van der Waals surface area contributed by atoms with E-state index in [9.17, 15) is 19.5 Å². The second-order valence-corrected chi connectivity index (χ2v) is 9.85. The van der Waals surface area contributed by atoms with Crippen molar-refractivity contribution in [2.45, 2.75) is 50.1 Å². The number of fused-ring (bicyclic) bond motifs is 3. The Kier molecular flexibility index (Phi) is 6.09. The van der Waals surface area contributed by atoms with E-state index in [4.69, 9.17) is 4.74 Å². The van der Waals surface area contributed by atoms with Crippen LogP contribution in [0.2, 0.25) is 0 Å². The molecule has 3 aliphatic rings. The minimum absolute atomic E-state index is 0.0202. The Labute approximate surface area is 204 Å². The molecule has 0 unspecified atom stereocenters. The predicted molar refractivity (Wildman–Crippen MR) is 131 cm³/mol. The van der Waals surface area contributed by atoms with Gasteiger partial charge in [-0.25, -0.2) is 9.59 Å². The molecule has 1 fully saturated rings. The van der Waals surface area contributed by atoms with Crippen LogP contribution >= 0.6 is 0 Å². The fourth-order valence-electron chi connectivity index (χ4n) is 5.75. The van der Waals surface area contributed by atoms with Crippen molar-refractivity contribution in [3.05, 3.63) is 71.8 Å². The number of carbonyl (C=O) groups is 3. The Morgan fingerprint density at radius 1 is 1.09 bits per heavy atom. The van der Waals surface area contributed by atoms with E-state index in [0.717, 1.165) is 11.1 Å². The number of ether oxygens (including phenoxy) is 1. The van der Waals surface area contributed by atoms with Gasteiger partial charge in [-0.05, 0) is 54.9 Å². The highest BCUT2D eigenvalue weighted by Gasteiger charge is 2.47. The third kappa shape index (κ3) is 4.20. The molecule has 7 heteroatoms. The summed E-state index contributed by atoms with van der Waals surface area (Å²) in [5.74, 6) is -1.51. The van der Waals surface area contributed by atoms with Crippen molar-refractivity contribution in [2.75, 3.05) is 13.2 Å². The largest absolute Gasteiger partial charge is 0.480 e. The summed E-state index contributed by atoms with van der Waals surface area (Å²) in [5, 5.41) is 12.5. The maximum Gasteiger partial charge on any atom is 0.407 e. The van der Waals surface area contributed by atoms with Gasteiger partial charge >= 0.3 is 12.1 Å². The van der Waals surface area contributed by atoms with E-state index in [0.29, 0.717) is 32.2 Å². The van der Waals surface area contributed by atoms with Gasteiger partial charge in [-0.15, -0.1) is 0 Å². The van der Waals surface area contributed by atoms with Gasteiger partial charge in [0.1, 0.15) is 12.1 Å². The lowest BCUT2D eigenvalue weighted by atomic mass is 9.88. The summed E-state index contributed by atoms with van der Waals surface area (Å²) in [6.07, 6.45) is 5.34. The number of amides is 2. The number of carbonyl (C=O) groups excluding carboxylic acids is 2. The van der Waals surface area contributed by atoms with E-state index < -0.39 is 17.6 Å². The van der Waals surface area contributed by atoms with Crippen LogP contribution in [-0.2, 0) is 14.3 Å². The van der Waals surface area contributed by atoms with Gasteiger partial charge < -0.3 is 20.1 Å². The van der Waals surface area contributed by atoms with Crippen molar-refractivity contribution in [3.8, 4) is 11.1 Å². The smallest absolute Gasteiger partial charge is 0.407 e. The van der Waals surface area contributed by atoms with Crippen molar-refractivity contribution in [1.29, 1.82) is 0 Å². The maximum absolute atomic E-state index is 13.2. The number of rotatable bonds is 5. The first-order valence-electron chi connectivity index (χ1n) is 12.2. The van der Waals surface area contributed by atoms with Crippen LogP contribution in [0.1, 0.15) is 49.7 Å². The van der Waals surface area contributed by atoms with Crippen LogP contribution in [0.3, 0.4) is 0 Å². The number of nitrogens with one attached hydrogen (secondary N) is 1. The van der Waals surface area contributed by atoms with Gasteiger partial charge in [0, 0.05) is 18.4 Å². The molecule has 35 heavy (non-hydrogen) atoms. The van der Waals surface area contributed by atoms with Gasteiger partial charge in [0.2, 0.25) is 5.91 Å². The molecule has 0 bridgehead atoms. The Bertz CT molecular complexity index is 1150. The molecule has 2 aromatic rings. The van der Waals surface area contributed by atoms with Crippen LogP contribution in [0.4, 0.5) is 4.79 Å². The van der Waals surface area contributed by atoms with E-state index in [1.54, 1.807) is 6.92 Å². The molecule has 0 aromatic heterocycles. The van der Waals surface area contributed by atoms with Crippen LogP contribution in [0.25, 0.3) is 11.1 Å². The molecular formula is C28H30N2O5. The third-order valence-corrected chi connectivity index (χ3v) is 7.69. The molecule has 7 nitrogen and oxygen atoms in total. The number of carboxylic acids is 1. The number of carboxylic acid groups (broad SMARTS) is 1. The number of benzene rings is 2. The Hall–Kier alpha value is -3.61. The van der Waals surface area contributed by atoms with Gasteiger partial charge in [-0.3, -0.25) is 4.79 Å². The zero-order valence-corrected chi connectivity index (χ0v) is 19.8. The quantitative estimate of drug-likeness (QED) is 0.629. The topological polar surface area (TPSA) is 95.9 Å². The Balaban J connectivity index is 1.20. The maximum atomic E-state index is 13.2. The van der Waals surface area contributed by atoms with Gasteiger partial charge in [-0.1, -0.05) is 60.7 Å². The average Bonchev–Trinajstić information content (AvgIpc) is 3.41. The zero-order valence-electron chi connectivity index (χ0n) is 19.8. The second kappa shape index (κ2) is 9.21. The van der Waals surface area contributed by atoms with E-state index in [-0.39, 0.29) is 30.4 Å². The lowest BCUT2D eigenvalue weighted by Gasteiger charge is -2.35. The molecule has 1 saturated heterocycles. The van der Waals surface area contributed by atoms with Crippen LogP contribution in [-0.4, -0.2) is 52.7 Å². The highest BCUT2D eigenvalue weighted by molar-refractivity contribution is 5.89. The number of likely N-dealkylation sites (tertiary alicyclic amines) is 1.